The molecule has 0 aliphatic heterocycles. The van der Waals surface area contributed by atoms with E-state index in [4.69, 9.17) is 16.3 Å². The summed E-state index contributed by atoms with van der Waals surface area (Å²) in [6.45, 7) is 2.60. The zero-order valence-corrected chi connectivity index (χ0v) is 11.2. The van der Waals surface area contributed by atoms with Gasteiger partial charge in [0.1, 0.15) is 0 Å². The quantitative estimate of drug-likeness (QED) is 0.769. The predicted octanol–water partition coefficient (Wildman–Crippen LogP) is 3.81. The zero-order valence-electron chi connectivity index (χ0n) is 9.65. The molecular formula is C13H14ClNOS. The fourth-order valence-electron chi connectivity index (χ4n) is 1.57. The third-order valence-corrected chi connectivity index (χ3v) is 3.57. The molecule has 2 rings (SSSR count). The topological polar surface area (TPSA) is 22.1 Å². The Labute approximate surface area is 110 Å². The standard InChI is InChI=1S/C13H14ClNOS/c1-10-7-11(9-14)8-13(15-10)16-5-4-12-3-2-6-17-12/h2-3,6-8H,4-5,9H2,1H3. The largest absolute Gasteiger partial charge is 0.477 e. The lowest BCUT2D eigenvalue weighted by Crippen LogP contribution is -2.02. The molecule has 4 heteroatoms. The third-order valence-electron chi connectivity index (χ3n) is 2.32. The van der Waals surface area contributed by atoms with Crippen LogP contribution in [0, 0.1) is 6.92 Å². The molecule has 0 saturated carbocycles. The van der Waals surface area contributed by atoms with E-state index in [1.807, 2.05) is 19.1 Å². The van der Waals surface area contributed by atoms with Gasteiger partial charge in [-0.2, -0.15) is 0 Å². The lowest BCUT2D eigenvalue weighted by molar-refractivity contribution is 0.309. The highest BCUT2D eigenvalue weighted by atomic mass is 35.5. The highest BCUT2D eigenvalue weighted by Gasteiger charge is 2.01. The van der Waals surface area contributed by atoms with E-state index >= 15 is 0 Å². The van der Waals surface area contributed by atoms with Crippen molar-refractivity contribution in [3.05, 3.63) is 45.8 Å². The van der Waals surface area contributed by atoms with Gasteiger partial charge in [-0.3, -0.25) is 0 Å². The molecule has 0 N–H and O–H groups in total. The lowest BCUT2D eigenvalue weighted by Gasteiger charge is -2.06. The number of alkyl halides is 1. The summed E-state index contributed by atoms with van der Waals surface area (Å²) in [5, 5.41) is 2.08. The number of rotatable bonds is 5. The molecule has 0 aromatic carbocycles. The lowest BCUT2D eigenvalue weighted by atomic mass is 10.2. The minimum absolute atomic E-state index is 0.491. The van der Waals surface area contributed by atoms with E-state index in [-0.39, 0.29) is 0 Å². The van der Waals surface area contributed by atoms with E-state index in [1.54, 1.807) is 11.3 Å². The van der Waals surface area contributed by atoms with Gasteiger partial charge < -0.3 is 4.74 Å². The molecule has 0 bridgehead atoms. The fraction of sp³-hybridized carbons (Fsp3) is 0.308. The second-order valence-corrected chi connectivity index (χ2v) is 5.07. The van der Waals surface area contributed by atoms with Gasteiger partial charge in [0, 0.05) is 28.9 Å². The first-order valence-corrected chi connectivity index (χ1v) is 6.88. The molecule has 0 unspecified atom stereocenters. The molecule has 0 spiro atoms. The maximum absolute atomic E-state index is 5.80. The number of thiophene rings is 1. The Bertz CT molecular complexity index is 470. The normalized spacial score (nSPS) is 10.5. The van der Waals surface area contributed by atoms with Crippen LogP contribution in [0.1, 0.15) is 16.1 Å². The van der Waals surface area contributed by atoms with E-state index in [9.17, 15) is 0 Å². The van der Waals surface area contributed by atoms with Crippen molar-refractivity contribution < 1.29 is 4.74 Å². The van der Waals surface area contributed by atoms with Crippen LogP contribution in [0.25, 0.3) is 0 Å². The van der Waals surface area contributed by atoms with Crippen LogP contribution in [-0.2, 0) is 12.3 Å². The van der Waals surface area contributed by atoms with Crippen LogP contribution in [0.2, 0.25) is 0 Å². The molecule has 0 fully saturated rings. The number of ether oxygens (including phenoxy) is 1. The van der Waals surface area contributed by atoms with Gasteiger partial charge >= 0.3 is 0 Å². The Morgan fingerprint density at radius 3 is 3.00 bits per heavy atom. The van der Waals surface area contributed by atoms with Gasteiger partial charge in [0.05, 0.1) is 6.61 Å². The first-order valence-electron chi connectivity index (χ1n) is 5.46. The average Bonchev–Trinajstić information content (AvgIpc) is 2.81. The summed E-state index contributed by atoms with van der Waals surface area (Å²) in [5.74, 6) is 1.15. The fourth-order valence-corrected chi connectivity index (χ4v) is 2.41. The Morgan fingerprint density at radius 2 is 2.29 bits per heavy atom. The van der Waals surface area contributed by atoms with Crippen molar-refractivity contribution in [1.29, 1.82) is 0 Å². The molecule has 2 aromatic heterocycles. The van der Waals surface area contributed by atoms with Crippen LogP contribution in [0.3, 0.4) is 0 Å². The molecule has 0 aliphatic carbocycles. The summed E-state index contributed by atoms with van der Waals surface area (Å²) < 4.78 is 5.64. The van der Waals surface area contributed by atoms with E-state index in [0.29, 0.717) is 18.4 Å². The summed E-state index contributed by atoms with van der Waals surface area (Å²) in [5.41, 5.74) is 1.99. The smallest absolute Gasteiger partial charge is 0.213 e. The van der Waals surface area contributed by atoms with E-state index in [0.717, 1.165) is 17.7 Å². The van der Waals surface area contributed by atoms with Crippen molar-refractivity contribution in [2.24, 2.45) is 0 Å². The van der Waals surface area contributed by atoms with Gasteiger partial charge in [-0.05, 0) is 30.0 Å². The number of pyridine rings is 1. The summed E-state index contributed by atoms with van der Waals surface area (Å²) in [6, 6.07) is 8.03. The molecule has 0 aliphatic rings. The van der Waals surface area contributed by atoms with Gasteiger partial charge in [0.15, 0.2) is 0 Å². The molecule has 17 heavy (non-hydrogen) atoms. The van der Waals surface area contributed by atoms with E-state index in [2.05, 4.69) is 22.5 Å². The average molecular weight is 268 g/mol. The summed E-state index contributed by atoms with van der Waals surface area (Å²) in [6.07, 6.45) is 0.920. The van der Waals surface area contributed by atoms with Crippen molar-refractivity contribution in [1.82, 2.24) is 4.98 Å². The van der Waals surface area contributed by atoms with Gasteiger partial charge in [-0.15, -0.1) is 22.9 Å². The van der Waals surface area contributed by atoms with Crippen LogP contribution < -0.4 is 4.74 Å². The first kappa shape index (κ1) is 12.4. The van der Waals surface area contributed by atoms with Crippen molar-refractivity contribution >= 4 is 22.9 Å². The van der Waals surface area contributed by atoms with Crippen molar-refractivity contribution in [3.63, 3.8) is 0 Å². The van der Waals surface area contributed by atoms with Crippen LogP contribution >= 0.6 is 22.9 Å². The number of nitrogens with zero attached hydrogens (tertiary/aromatic N) is 1. The Balaban J connectivity index is 1.92. The molecule has 0 atom stereocenters. The van der Waals surface area contributed by atoms with Crippen molar-refractivity contribution in [2.75, 3.05) is 6.61 Å². The summed E-state index contributed by atoms with van der Waals surface area (Å²) >= 11 is 7.55. The van der Waals surface area contributed by atoms with Crippen LogP contribution in [0.5, 0.6) is 5.88 Å². The monoisotopic (exact) mass is 267 g/mol. The molecule has 90 valence electrons. The molecule has 0 amide bonds. The predicted molar refractivity (Wildman–Crippen MR) is 72.0 cm³/mol. The van der Waals surface area contributed by atoms with E-state index < -0.39 is 0 Å². The molecular weight excluding hydrogens is 254 g/mol. The second-order valence-electron chi connectivity index (χ2n) is 3.77. The molecule has 2 nitrogen and oxygen atoms in total. The minimum Gasteiger partial charge on any atom is -0.477 e. The Hall–Kier alpha value is -1.06. The SMILES string of the molecule is Cc1cc(CCl)cc(OCCc2cccs2)n1. The molecule has 0 saturated heterocycles. The number of aryl methyl sites for hydroxylation is 1. The third kappa shape index (κ3) is 3.72. The highest BCUT2D eigenvalue weighted by Crippen LogP contribution is 2.15. The van der Waals surface area contributed by atoms with Gasteiger partial charge in [-0.25, -0.2) is 4.98 Å². The Morgan fingerprint density at radius 1 is 1.41 bits per heavy atom. The molecule has 0 radical (unpaired) electrons. The van der Waals surface area contributed by atoms with Gasteiger partial charge in [0.2, 0.25) is 5.88 Å². The molecule has 2 heterocycles. The Kier molecular flexibility index (Phi) is 4.40. The number of hydrogen-bond acceptors (Lipinski definition) is 3. The maximum atomic E-state index is 5.80. The maximum Gasteiger partial charge on any atom is 0.213 e. The summed E-state index contributed by atoms with van der Waals surface area (Å²) in [4.78, 5) is 5.65. The van der Waals surface area contributed by atoms with Crippen molar-refractivity contribution in [2.45, 2.75) is 19.2 Å². The number of hydrogen-bond donors (Lipinski definition) is 0. The van der Waals surface area contributed by atoms with Gasteiger partial charge in [-0.1, -0.05) is 6.07 Å². The van der Waals surface area contributed by atoms with Crippen LogP contribution in [-0.4, -0.2) is 11.6 Å². The summed E-state index contributed by atoms with van der Waals surface area (Å²) in [7, 11) is 0. The molecule has 2 aromatic rings. The minimum atomic E-state index is 0.491. The van der Waals surface area contributed by atoms with Crippen molar-refractivity contribution in [3.8, 4) is 5.88 Å². The van der Waals surface area contributed by atoms with Gasteiger partial charge in [0.25, 0.3) is 0 Å². The highest BCUT2D eigenvalue weighted by molar-refractivity contribution is 7.09. The number of halogens is 1. The second kappa shape index (κ2) is 6.03. The van der Waals surface area contributed by atoms with E-state index in [1.165, 1.54) is 4.88 Å². The zero-order chi connectivity index (χ0) is 12.1. The first-order chi connectivity index (χ1) is 8.28. The number of aromatic nitrogens is 1. The van der Waals surface area contributed by atoms with Crippen LogP contribution in [0.15, 0.2) is 29.6 Å². The van der Waals surface area contributed by atoms with Crippen LogP contribution in [0.4, 0.5) is 0 Å².